The van der Waals surface area contributed by atoms with E-state index in [1.807, 2.05) is 13.0 Å². The van der Waals surface area contributed by atoms with Crippen molar-refractivity contribution in [2.24, 2.45) is 0 Å². The number of hydrogen-bond acceptors (Lipinski definition) is 4. The van der Waals surface area contributed by atoms with Crippen molar-refractivity contribution in [1.82, 2.24) is 4.90 Å². The van der Waals surface area contributed by atoms with Gasteiger partial charge in [-0.25, -0.2) is 0 Å². The molecule has 1 aromatic carbocycles. The van der Waals surface area contributed by atoms with Gasteiger partial charge >= 0.3 is 0 Å². The van der Waals surface area contributed by atoms with Crippen molar-refractivity contribution in [3.05, 3.63) is 33.9 Å². The lowest BCUT2D eigenvalue weighted by Gasteiger charge is -2.24. The summed E-state index contributed by atoms with van der Waals surface area (Å²) in [7, 11) is 0. The maximum atomic E-state index is 11.0. The Labute approximate surface area is 113 Å². The summed E-state index contributed by atoms with van der Waals surface area (Å²) in [5.41, 5.74) is 1.80. The van der Waals surface area contributed by atoms with Gasteiger partial charge in [-0.15, -0.1) is 0 Å². The van der Waals surface area contributed by atoms with Gasteiger partial charge in [-0.1, -0.05) is 6.07 Å². The van der Waals surface area contributed by atoms with Gasteiger partial charge in [0, 0.05) is 18.7 Å². The first-order chi connectivity index (χ1) is 9.08. The third-order valence-electron chi connectivity index (χ3n) is 3.70. The molecule has 0 radical (unpaired) electrons. The molecule has 5 nitrogen and oxygen atoms in total. The highest BCUT2D eigenvalue weighted by Crippen LogP contribution is 2.25. The van der Waals surface area contributed by atoms with Crippen LogP contribution in [0.1, 0.15) is 25.3 Å². The SMILES string of the molecule is Cc1ccc([N+](=O)[O-])c(NCC(C)N2CCCC2)c1. The van der Waals surface area contributed by atoms with Crippen LogP contribution >= 0.6 is 0 Å². The van der Waals surface area contributed by atoms with E-state index in [4.69, 9.17) is 0 Å². The second kappa shape index (κ2) is 6.02. The van der Waals surface area contributed by atoms with Crippen LogP contribution in [0.5, 0.6) is 0 Å². The molecule has 1 unspecified atom stereocenters. The summed E-state index contributed by atoms with van der Waals surface area (Å²) in [5, 5.41) is 14.2. The maximum Gasteiger partial charge on any atom is 0.292 e. The van der Waals surface area contributed by atoms with E-state index in [2.05, 4.69) is 17.1 Å². The fraction of sp³-hybridized carbons (Fsp3) is 0.571. The van der Waals surface area contributed by atoms with E-state index in [0.29, 0.717) is 11.7 Å². The Hall–Kier alpha value is -1.62. The minimum atomic E-state index is -0.331. The number of hydrogen-bond donors (Lipinski definition) is 1. The fourth-order valence-corrected chi connectivity index (χ4v) is 2.52. The van der Waals surface area contributed by atoms with E-state index in [9.17, 15) is 10.1 Å². The number of anilines is 1. The Morgan fingerprint density at radius 3 is 2.74 bits per heavy atom. The van der Waals surface area contributed by atoms with E-state index in [-0.39, 0.29) is 10.6 Å². The van der Waals surface area contributed by atoms with E-state index in [1.54, 1.807) is 12.1 Å². The van der Waals surface area contributed by atoms with Crippen LogP contribution in [0.3, 0.4) is 0 Å². The maximum absolute atomic E-state index is 11.0. The average Bonchev–Trinajstić information content (AvgIpc) is 2.89. The summed E-state index contributed by atoms with van der Waals surface area (Å²) >= 11 is 0. The normalized spacial score (nSPS) is 17.4. The molecule has 5 heteroatoms. The smallest absolute Gasteiger partial charge is 0.292 e. The standard InChI is InChI=1S/C14H21N3O2/c1-11-5-6-14(17(18)19)13(9-11)15-10-12(2)16-7-3-4-8-16/h5-6,9,12,15H,3-4,7-8,10H2,1-2H3. The largest absolute Gasteiger partial charge is 0.378 e. The highest BCUT2D eigenvalue weighted by atomic mass is 16.6. The molecule has 1 atom stereocenters. The molecule has 0 bridgehead atoms. The lowest BCUT2D eigenvalue weighted by Crippen LogP contribution is -2.35. The Bertz CT molecular complexity index is 456. The van der Waals surface area contributed by atoms with Gasteiger partial charge in [0.1, 0.15) is 5.69 Å². The zero-order chi connectivity index (χ0) is 13.8. The van der Waals surface area contributed by atoms with Crippen molar-refractivity contribution in [2.75, 3.05) is 25.0 Å². The lowest BCUT2D eigenvalue weighted by molar-refractivity contribution is -0.384. The fourth-order valence-electron chi connectivity index (χ4n) is 2.52. The number of nitro groups is 1. The van der Waals surface area contributed by atoms with Crippen LogP contribution in [0, 0.1) is 17.0 Å². The van der Waals surface area contributed by atoms with Gasteiger partial charge in [0.05, 0.1) is 4.92 Å². The van der Waals surface area contributed by atoms with Crippen molar-refractivity contribution >= 4 is 11.4 Å². The number of nitrogens with one attached hydrogen (secondary N) is 1. The minimum Gasteiger partial charge on any atom is -0.378 e. The first-order valence-electron chi connectivity index (χ1n) is 6.81. The molecule has 19 heavy (non-hydrogen) atoms. The van der Waals surface area contributed by atoms with Gasteiger partial charge in [0.15, 0.2) is 0 Å². The molecule has 2 rings (SSSR count). The third-order valence-corrected chi connectivity index (χ3v) is 3.70. The zero-order valence-electron chi connectivity index (χ0n) is 11.6. The van der Waals surface area contributed by atoms with Crippen LogP contribution in [0.2, 0.25) is 0 Å². The van der Waals surface area contributed by atoms with Crippen LogP contribution < -0.4 is 5.32 Å². The number of nitrogens with zero attached hydrogens (tertiary/aromatic N) is 2. The Morgan fingerprint density at radius 2 is 2.11 bits per heavy atom. The van der Waals surface area contributed by atoms with Crippen LogP contribution in [0.15, 0.2) is 18.2 Å². The third kappa shape index (κ3) is 3.44. The number of nitro benzene ring substituents is 1. The summed E-state index contributed by atoms with van der Waals surface area (Å²) in [4.78, 5) is 13.1. The van der Waals surface area contributed by atoms with E-state index in [0.717, 1.165) is 25.2 Å². The monoisotopic (exact) mass is 263 g/mol. The van der Waals surface area contributed by atoms with E-state index >= 15 is 0 Å². The van der Waals surface area contributed by atoms with Crippen LogP contribution in [-0.2, 0) is 0 Å². The number of benzene rings is 1. The highest BCUT2D eigenvalue weighted by Gasteiger charge is 2.19. The van der Waals surface area contributed by atoms with Crippen LogP contribution in [-0.4, -0.2) is 35.5 Å². The Balaban J connectivity index is 2.01. The summed E-state index contributed by atoms with van der Waals surface area (Å²) in [5.74, 6) is 0. The van der Waals surface area contributed by atoms with Crippen molar-refractivity contribution in [2.45, 2.75) is 32.7 Å². The molecule has 1 aromatic rings. The van der Waals surface area contributed by atoms with Gasteiger partial charge in [0.2, 0.25) is 0 Å². The van der Waals surface area contributed by atoms with Crippen molar-refractivity contribution in [1.29, 1.82) is 0 Å². The highest BCUT2D eigenvalue weighted by molar-refractivity contribution is 5.62. The van der Waals surface area contributed by atoms with Gasteiger partial charge in [-0.3, -0.25) is 15.0 Å². The molecule has 0 saturated carbocycles. The molecule has 104 valence electrons. The number of aryl methyl sites for hydroxylation is 1. The predicted octanol–water partition coefficient (Wildman–Crippen LogP) is 2.80. The second-order valence-corrected chi connectivity index (χ2v) is 5.25. The molecule has 1 saturated heterocycles. The first-order valence-corrected chi connectivity index (χ1v) is 6.81. The quantitative estimate of drug-likeness (QED) is 0.655. The van der Waals surface area contributed by atoms with Crippen molar-refractivity contribution < 1.29 is 4.92 Å². The van der Waals surface area contributed by atoms with E-state index in [1.165, 1.54) is 12.8 Å². The molecule has 1 N–H and O–H groups in total. The Morgan fingerprint density at radius 1 is 1.42 bits per heavy atom. The topological polar surface area (TPSA) is 58.4 Å². The minimum absolute atomic E-state index is 0.152. The predicted molar refractivity (Wildman–Crippen MR) is 76.6 cm³/mol. The van der Waals surface area contributed by atoms with Gasteiger partial charge in [-0.05, 0) is 51.4 Å². The molecule has 0 aromatic heterocycles. The number of rotatable bonds is 5. The van der Waals surface area contributed by atoms with E-state index < -0.39 is 0 Å². The summed E-state index contributed by atoms with van der Waals surface area (Å²) < 4.78 is 0. The zero-order valence-corrected chi connectivity index (χ0v) is 11.6. The number of likely N-dealkylation sites (tertiary alicyclic amines) is 1. The molecule has 0 aliphatic carbocycles. The van der Waals surface area contributed by atoms with Crippen molar-refractivity contribution in [3.8, 4) is 0 Å². The molecule has 1 aliphatic rings. The molecular formula is C14H21N3O2. The molecule has 1 heterocycles. The first kappa shape index (κ1) is 13.8. The average molecular weight is 263 g/mol. The summed E-state index contributed by atoms with van der Waals surface area (Å²) in [6, 6.07) is 5.59. The van der Waals surface area contributed by atoms with Crippen LogP contribution in [0.4, 0.5) is 11.4 Å². The molecule has 1 fully saturated rings. The van der Waals surface area contributed by atoms with Crippen LogP contribution in [0.25, 0.3) is 0 Å². The van der Waals surface area contributed by atoms with Crippen molar-refractivity contribution in [3.63, 3.8) is 0 Å². The molecule has 0 spiro atoms. The Kier molecular flexibility index (Phi) is 4.37. The molecule has 1 aliphatic heterocycles. The van der Waals surface area contributed by atoms with Gasteiger partial charge in [-0.2, -0.15) is 0 Å². The summed E-state index contributed by atoms with van der Waals surface area (Å²) in [6.07, 6.45) is 2.52. The second-order valence-electron chi connectivity index (χ2n) is 5.25. The molecule has 0 amide bonds. The van der Waals surface area contributed by atoms with Gasteiger partial charge < -0.3 is 5.32 Å². The lowest BCUT2D eigenvalue weighted by atomic mass is 10.2. The summed E-state index contributed by atoms with van der Waals surface area (Å²) in [6.45, 7) is 7.13. The molecular weight excluding hydrogens is 242 g/mol. The van der Waals surface area contributed by atoms with Gasteiger partial charge in [0.25, 0.3) is 5.69 Å².